The number of carbonyl (C=O) groups excluding carboxylic acids is 2. The van der Waals surface area contributed by atoms with Crippen molar-refractivity contribution in [2.75, 3.05) is 11.9 Å². The van der Waals surface area contributed by atoms with Gasteiger partial charge in [0.15, 0.2) is 0 Å². The van der Waals surface area contributed by atoms with E-state index in [2.05, 4.69) is 27.8 Å². The van der Waals surface area contributed by atoms with Crippen molar-refractivity contribution < 1.29 is 18.4 Å². The van der Waals surface area contributed by atoms with Gasteiger partial charge in [0.1, 0.15) is 22.9 Å². The summed E-state index contributed by atoms with van der Waals surface area (Å²) >= 11 is 0. The Morgan fingerprint density at radius 3 is 2.58 bits per heavy atom. The maximum atomic E-state index is 13.7. The quantitative estimate of drug-likeness (QED) is 0.670. The largest absolute Gasteiger partial charge is 0.350 e. The van der Waals surface area contributed by atoms with Crippen molar-refractivity contribution in [2.24, 2.45) is 5.92 Å². The van der Waals surface area contributed by atoms with Crippen LogP contribution in [0.2, 0.25) is 0 Å². The number of carbonyl (C=O) groups is 2. The lowest BCUT2D eigenvalue weighted by Crippen LogP contribution is -2.29. The topological polar surface area (TPSA) is 86.9 Å². The molecule has 0 spiro atoms. The molecule has 2 aromatic rings. The number of unbranched alkanes of at least 4 members (excludes halogenated alkanes) is 1. The number of rotatable bonds is 8. The van der Waals surface area contributed by atoms with Crippen molar-refractivity contribution >= 4 is 17.5 Å². The lowest BCUT2D eigenvalue weighted by Gasteiger charge is -2.12. The van der Waals surface area contributed by atoms with Crippen LogP contribution in [-0.4, -0.2) is 28.6 Å². The number of nitrogens with one attached hydrogen (secondary N) is 3. The van der Waals surface area contributed by atoms with Gasteiger partial charge in [0.2, 0.25) is 0 Å². The Morgan fingerprint density at radius 1 is 1.23 bits per heavy atom. The number of anilines is 1. The first-order valence-electron chi connectivity index (χ1n) is 8.51. The Balaban J connectivity index is 2.04. The second-order valence-electron chi connectivity index (χ2n) is 6.17. The Bertz CT molecular complexity index is 756. The number of H-pyrrole nitrogens is 1. The first-order chi connectivity index (χ1) is 12.4. The Kier molecular flexibility index (Phi) is 6.82. The van der Waals surface area contributed by atoms with E-state index >= 15 is 0 Å². The van der Waals surface area contributed by atoms with E-state index in [-0.39, 0.29) is 11.4 Å². The van der Waals surface area contributed by atoms with Crippen LogP contribution in [0.15, 0.2) is 24.4 Å². The van der Waals surface area contributed by atoms with Gasteiger partial charge in [0, 0.05) is 6.54 Å². The summed E-state index contributed by atoms with van der Waals surface area (Å²) in [5.74, 6) is -3.10. The molecular weight excluding hydrogens is 342 g/mol. The molecule has 8 heteroatoms. The fraction of sp³-hybridized carbons (Fsp3) is 0.389. The average molecular weight is 364 g/mol. The van der Waals surface area contributed by atoms with Crippen LogP contribution < -0.4 is 10.6 Å². The smallest absolute Gasteiger partial charge is 0.271 e. The molecule has 2 rings (SSSR count). The summed E-state index contributed by atoms with van der Waals surface area (Å²) in [7, 11) is 0. The van der Waals surface area contributed by atoms with Crippen molar-refractivity contribution in [3.8, 4) is 0 Å². The second kappa shape index (κ2) is 9.07. The van der Waals surface area contributed by atoms with E-state index in [1.54, 1.807) is 0 Å². The Labute approximate surface area is 150 Å². The predicted octanol–water partition coefficient (Wildman–Crippen LogP) is 3.50. The van der Waals surface area contributed by atoms with Gasteiger partial charge in [0.05, 0.1) is 11.9 Å². The van der Waals surface area contributed by atoms with Gasteiger partial charge in [-0.25, -0.2) is 8.78 Å². The summed E-state index contributed by atoms with van der Waals surface area (Å²) in [6.07, 6.45) is 4.38. The molecule has 1 heterocycles. The lowest BCUT2D eigenvalue weighted by molar-refractivity contribution is 0.0943. The zero-order chi connectivity index (χ0) is 19.1. The van der Waals surface area contributed by atoms with E-state index in [1.165, 1.54) is 6.20 Å². The zero-order valence-electron chi connectivity index (χ0n) is 14.7. The Morgan fingerprint density at radius 2 is 1.92 bits per heavy atom. The zero-order valence-corrected chi connectivity index (χ0v) is 14.7. The van der Waals surface area contributed by atoms with Gasteiger partial charge in [-0.15, -0.1) is 0 Å². The third-order valence-corrected chi connectivity index (χ3v) is 3.97. The molecule has 0 saturated carbocycles. The minimum Gasteiger partial charge on any atom is -0.350 e. The number of aromatic nitrogens is 2. The van der Waals surface area contributed by atoms with Crippen molar-refractivity contribution in [1.82, 2.24) is 15.5 Å². The summed E-state index contributed by atoms with van der Waals surface area (Å²) < 4.78 is 27.4. The molecule has 0 aliphatic carbocycles. The highest BCUT2D eigenvalue weighted by molar-refractivity contribution is 6.08. The number of benzene rings is 1. The maximum Gasteiger partial charge on any atom is 0.271 e. The number of hydrogen-bond donors (Lipinski definition) is 3. The van der Waals surface area contributed by atoms with Crippen molar-refractivity contribution in [3.05, 3.63) is 47.3 Å². The summed E-state index contributed by atoms with van der Waals surface area (Å²) in [4.78, 5) is 24.4. The number of nitrogens with zero attached hydrogens (tertiary/aromatic N) is 1. The summed E-state index contributed by atoms with van der Waals surface area (Å²) in [5, 5.41) is 11.3. The van der Waals surface area contributed by atoms with Crippen LogP contribution in [0.3, 0.4) is 0 Å². The van der Waals surface area contributed by atoms with Crippen molar-refractivity contribution in [3.63, 3.8) is 0 Å². The van der Waals surface area contributed by atoms with Gasteiger partial charge in [-0.05, 0) is 24.5 Å². The number of hydrogen-bond acceptors (Lipinski definition) is 3. The molecule has 1 unspecified atom stereocenters. The van der Waals surface area contributed by atoms with Crippen LogP contribution in [0.1, 0.15) is 54.0 Å². The lowest BCUT2D eigenvalue weighted by atomic mass is 10.0. The van der Waals surface area contributed by atoms with Gasteiger partial charge >= 0.3 is 0 Å². The minimum absolute atomic E-state index is 0.0257. The summed E-state index contributed by atoms with van der Waals surface area (Å²) in [6.45, 7) is 4.61. The first kappa shape index (κ1) is 19.6. The molecule has 1 atom stereocenters. The van der Waals surface area contributed by atoms with Crippen molar-refractivity contribution in [2.45, 2.75) is 33.1 Å². The van der Waals surface area contributed by atoms with Crippen LogP contribution in [0.5, 0.6) is 0 Å². The molecule has 140 valence electrons. The maximum absolute atomic E-state index is 13.7. The van der Waals surface area contributed by atoms with E-state index in [0.717, 1.165) is 37.5 Å². The van der Waals surface area contributed by atoms with Gasteiger partial charge in [-0.2, -0.15) is 5.10 Å². The summed E-state index contributed by atoms with van der Waals surface area (Å²) in [5.41, 5.74) is -0.637. The Hall–Kier alpha value is -2.77. The van der Waals surface area contributed by atoms with E-state index < -0.39 is 29.0 Å². The molecule has 6 nitrogen and oxygen atoms in total. The van der Waals surface area contributed by atoms with Gasteiger partial charge in [-0.1, -0.05) is 32.8 Å². The highest BCUT2D eigenvalue weighted by atomic mass is 19.1. The standard InChI is InChI=1S/C18H22F2N4O2/c1-3-4-6-11(2)9-21-18(26)16-14(10-22-24-16)23-17(25)15-12(19)7-5-8-13(15)20/h5,7-8,10-11H,3-4,6,9H2,1-2H3,(H,21,26)(H,22,24)(H,23,25). The van der Waals surface area contributed by atoms with E-state index in [1.807, 2.05) is 6.92 Å². The molecule has 2 amide bonds. The molecule has 3 N–H and O–H groups in total. The molecule has 0 aliphatic heterocycles. The van der Waals surface area contributed by atoms with Crippen LogP contribution >= 0.6 is 0 Å². The average Bonchev–Trinajstić information content (AvgIpc) is 3.05. The van der Waals surface area contributed by atoms with Gasteiger partial charge in [0.25, 0.3) is 11.8 Å². The van der Waals surface area contributed by atoms with E-state index in [9.17, 15) is 18.4 Å². The highest BCUT2D eigenvalue weighted by Crippen LogP contribution is 2.17. The third-order valence-electron chi connectivity index (χ3n) is 3.97. The highest BCUT2D eigenvalue weighted by Gasteiger charge is 2.21. The number of aromatic amines is 1. The van der Waals surface area contributed by atoms with Gasteiger partial charge < -0.3 is 10.6 Å². The van der Waals surface area contributed by atoms with Gasteiger partial charge in [-0.3, -0.25) is 14.7 Å². The monoisotopic (exact) mass is 364 g/mol. The molecule has 0 saturated heterocycles. The molecule has 1 aromatic carbocycles. The van der Waals surface area contributed by atoms with Crippen LogP contribution in [0, 0.1) is 17.6 Å². The fourth-order valence-corrected chi connectivity index (χ4v) is 2.46. The number of halogens is 2. The molecule has 0 aliphatic rings. The molecule has 1 aromatic heterocycles. The SMILES string of the molecule is CCCCC(C)CNC(=O)c1[nH]ncc1NC(=O)c1c(F)cccc1F. The van der Waals surface area contributed by atoms with E-state index in [4.69, 9.17) is 0 Å². The fourth-order valence-electron chi connectivity index (χ4n) is 2.46. The van der Waals surface area contributed by atoms with Crippen LogP contribution in [0.25, 0.3) is 0 Å². The normalized spacial score (nSPS) is 11.8. The predicted molar refractivity (Wildman–Crippen MR) is 93.9 cm³/mol. The molecule has 0 radical (unpaired) electrons. The molecule has 0 bridgehead atoms. The van der Waals surface area contributed by atoms with Crippen molar-refractivity contribution in [1.29, 1.82) is 0 Å². The van der Waals surface area contributed by atoms with Crippen LogP contribution in [-0.2, 0) is 0 Å². The number of amides is 2. The molecular formula is C18H22F2N4O2. The third kappa shape index (κ3) is 4.87. The van der Waals surface area contributed by atoms with Crippen LogP contribution in [0.4, 0.5) is 14.5 Å². The molecule has 0 fully saturated rings. The second-order valence-corrected chi connectivity index (χ2v) is 6.17. The summed E-state index contributed by atoms with van der Waals surface area (Å²) in [6, 6.07) is 3.13. The first-order valence-corrected chi connectivity index (χ1v) is 8.51. The minimum atomic E-state index is -0.993. The van der Waals surface area contributed by atoms with E-state index in [0.29, 0.717) is 12.5 Å². The molecule has 26 heavy (non-hydrogen) atoms.